The minimum Gasteiger partial charge on any atom is -0.486 e. The van der Waals surface area contributed by atoms with E-state index in [0.717, 1.165) is 12.1 Å². The van der Waals surface area contributed by atoms with E-state index < -0.39 is 0 Å². The number of carbonyl (C=O) groups is 1. The molecule has 0 saturated carbocycles. The molecular weight excluding hydrogens is 406 g/mol. The van der Waals surface area contributed by atoms with E-state index in [2.05, 4.69) is 15.5 Å². The van der Waals surface area contributed by atoms with Crippen molar-refractivity contribution in [1.82, 2.24) is 19.6 Å². The molecule has 0 aliphatic heterocycles. The van der Waals surface area contributed by atoms with E-state index in [1.54, 1.807) is 59.7 Å². The molecule has 0 aliphatic rings. The monoisotopic (exact) mass is 425 g/mol. The smallest absolute Gasteiger partial charge is 0.291 e. The van der Waals surface area contributed by atoms with Gasteiger partial charge in [0, 0.05) is 29.5 Å². The molecule has 0 radical (unpaired) electrons. The first-order chi connectivity index (χ1) is 14.6. The van der Waals surface area contributed by atoms with Crippen molar-refractivity contribution in [3.8, 4) is 5.75 Å². The maximum atomic E-state index is 12.4. The standard InChI is InChI=1S/C21H20ClN5O3/c1-2-26-11-15(9-23-26)12-27-13-17(10-24-27)25-21(28)20-7-6-19(30-20)14-29-18-5-3-4-16(22)8-18/h3-11,13H,2,12,14H2,1H3,(H,25,28). The molecule has 1 amide bonds. The van der Waals surface area contributed by atoms with Crippen LogP contribution in [0.3, 0.4) is 0 Å². The van der Waals surface area contributed by atoms with Crippen molar-refractivity contribution in [2.75, 3.05) is 5.32 Å². The Morgan fingerprint density at radius 2 is 2.03 bits per heavy atom. The van der Waals surface area contributed by atoms with Crippen LogP contribution in [-0.2, 0) is 19.7 Å². The summed E-state index contributed by atoms with van der Waals surface area (Å²) < 4.78 is 14.8. The molecule has 0 aliphatic carbocycles. The summed E-state index contributed by atoms with van der Waals surface area (Å²) in [5.74, 6) is 0.990. The fourth-order valence-corrected chi connectivity index (χ4v) is 3.02. The van der Waals surface area contributed by atoms with Crippen molar-refractivity contribution in [3.63, 3.8) is 0 Å². The third-order valence-corrected chi connectivity index (χ3v) is 4.54. The number of nitrogens with one attached hydrogen (secondary N) is 1. The van der Waals surface area contributed by atoms with Gasteiger partial charge < -0.3 is 14.5 Å². The lowest BCUT2D eigenvalue weighted by molar-refractivity contribution is 0.0992. The number of benzene rings is 1. The molecular formula is C21H20ClN5O3. The Kier molecular flexibility index (Phi) is 5.85. The summed E-state index contributed by atoms with van der Waals surface area (Å²) in [4.78, 5) is 12.4. The van der Waals surface area contributed by atoms with Crippen LogP contribution in [0.25, 0.3) is 0 Å². The molecule has 4 aromatic rings. The lowest BCUT2D eigenvalue weighted by Crippen LogP contribution is -2.10. The van der Waals surface area contributed by atoms with Crippen LogP contribution >= 0.6 is 11.6 Å². The highest BCUT2D eigenvalue weighted by molar-refractivity contribution is 6.30. The molecule has 0 atom stereocenters. The molecule has 3 heterocycles. The molecule has 0 spiro atoms. The van der Waals surface area contributed by atoms with Gasteiger partial charge in [0.2, 0.25) is 0 Å². The first kappa shape index (κ1) is 19.8. The quantitative estimate of drug-likeness (QED) is 0.456. The molecule has 0 bridgehead atoms. The number of hydrogen-bond acceptors (Lipinski definition) is 5. The SMILES string of the molecule is CCn1cc(Cn2cc(NC(=O)c3ccc(COc4cccc(Cl)c4)o3)cn2)cn1. The van der Waals surface area contributed by atoms with Gasteiger partial charge in [-0.15, -0.1) is 0 Å². The molecule has 8 nitrogen and oxygen atoms in total. The van der Waals surface area contributed by atoms with E-state index in [0.29, 0.717) is 28.8 Å². The van der Waals surface area contributed by atoms with E-state index in [-0.39, 0.29) is 18.3 Å². The zero-order chi connectivity index (χ0) is 20.9. The second-order valence-corrected chi connectivity index (χ2v) is 7.03. The molecule has 9 heteroatoms. The number of halogens is 1. The minimum absolute atomic E-state index is 0.191. The van der Waals surface area contributed by atoms with E-state index in [1.165, 1.54) is 0 Å². The van der Waals surface area contributed by atoms with Gasteiger partial charge in [0.25, 0.3) is 5.91 Å². The maximum Gasteiger partial charge on any atom is 0.291 e. The van der Waals surface area contributed by atoms with E-state index in [4.69, 9.17) is 20.8 Å². The first-order valence-electron chi connectivity index (χ1n) is 9.41. The van der Waals surface area contributed by atoms with Crippen LogP contribution in [0.5, 0.6) is 5.75 Å². The minimum atomic E-state index is -0.359. The number of aryl methyl sites for hydroxylation is 1. The molecule has 4 rings (SSSR count). The third-order valence-electron chi connectivity index (χ3n) is 4.31. The zero-order valence-corrected chi connectivity index (χ0v) is 17.0. The van der Waals surface area contributed by atoms with Crippen LogP contribution < -0.4 is 10.1 Å². The van der Waals surface area contributed by atoms with Crippen LogP contribution in [0, 0.1) is 0 Å². The summed E-state index contributed by atoms with van der Waals surface area (Å²) in [7, 11) is 0. The lowest BCUT2D eigenvalue weighted by Gasteiger charge is -2.04. The average molecular weight is 426 g/mol. The van der Waals surface area contributed by atoms with Crippen molar-refractivity contribution >= 4 is 23.2 Å². The summed E-state index contributed by atoms with van der Waals surface area (Å²) in [5.41, 5.74) is 1.62. The maximum absolute atomic E-state index is 12.4. The fourth-order valence-electron chi connectivity index (χ4n) is 2.84. The van der Waals surface area contributed by atoms with Crippen molar-refractivity contribution in [2.45, 2.75) is 26.6 Å². The summed E-state index contributed by atoms with van der Waals surface area (Å²) in [5, 5.41) is 11.9. The van der Waals surface area contributed by atoms with Gasteiger partial charge in [0.05, 0.1) is 24.6 Å². The summed E-state index contributed by atoms with van der Waals surface area (Å²) in [6.45, 7) is 3.61. The van der Waals surface area contributed by atoms with Crippen LogP contribution in [0.2, 0.25) is 5.02 Å². The molecule has 0 unspecified atom stereocenters. The second-order valence-electron chi connectivity index (χ2n) is 6.60. The number of hydrogen-bond donors (Lipinski definition) is 1. The molecule has 154 valence electrons. The Bertz CT molecular complexity index is 1150. The Balaban J connectivity index is 1.32. The van der Waals surface area contributed by atoms with Gasteiger partial charge >= 0.3 is 0 Å². The number of amides is 1. The van der Waals surface area contributed by atoms with Crippen molar-refractivity contribution in [3.05, 3.63) is 83.3 Å². The highest BCUT2D eigenvalue weighted by Crippen LogP contribution is 2.19. The fraction of sp³-hybridized carbons (Fsp3) is 0.190. The third kappa shape index (κ3) is 4.90. The topological polar surface area (TPSA) is 87.1 Å². The van der Waals surface area contributed by atoms with Crippen LogP contribution in [0.4, 0.5) is 5.69 Å². The molecule has 3 aromatic heterocycles. The van der Waals surface area contributed by atoms with Gasteiger partial charge in [0.15, 0.2) is 5.76 Å². The normalized spacial score (nSPS) is 10.9. The molecule has 0 saturated heterocycles. The Hall–Kier alpha value is -3.52. The van der Waals surface area contributed by atoms with E-state index in [1.807, 2.05) is 17.8 Å². The second kappa shape index (κ2) is 8.87. The molecule has 0 fully saturated rings. The summed E-state index contributed by atoms with van der Waals surface area (Å²) in [6.07, 6.45) is 7.12. The van der Waals surface area contributed by atoms with Gasteiger partial charge in [-0.05, 0) is 37.3 Å². The molecule has 1 N–H and O–H groups in total. The van der Waals surface area contributed by atoms with Crippen molar-refractivity contribution in [2.24, 2.45) is 0 Å². The predicted octanol–water partition coefficient (Wildman–Crippen LogP) is 4.23. The van der Waals surface area contributed by atoms with Crippen molar-refractivity contribution < 1.29 is 13.9 Å². The van der Waals surface area contributed by atoms with Crippen molar-refractivity contribution in [1.29, 1.82) is 0 Å². The van der Waals surface area contributed by atoms with Gasteiger partial charge in [-0.2, -0.15) is 10.2 Å². The number of rotatable bonds is 8. The largest absolute Gasteiger partial charge is 0.486 e. The van der Waals surface area contributed by atoms with Gasteiger partial charge in [-0.1, -0.05) is 17.7 Å². The van der Waals surface area contributed by atoms with Gasteiger partial charge in [-0.25, -0.2) is 0 Å². The average Bonchev–Trinajstić information content (AvgIpc) is 3.48. The number of furan rings is 1. The Morgan fingerprint density at radius 1 is 1.17 bits per heavy atom. The molecule has 30 heavy (non-hydrogen) atoms. The summed E-state index contributed by atoms with van der Waals surface area (Å²) in [6, 6.07) is 10.4. The van der Waals surface area contributed by atoms with E-state index >= 15 is 0 Å². The first-order valence-corrected chi connectivity index (χ1v) is 9.79. The number of aromatic nitrogens is 4. The number of carbonyl (C=O) groups excluding carboxylic acids is 1. The Morgan fingerprint density at radius 3 is 2.83 bits per heavy atom. The van der Waals surface area contributed by atoms with Crippen LogP contribution in [-0.4, -0.2) is 25.5 Å². The van der Waals surface area contributed by atoms with Crippen LogP contribution in [0.15, 0.2) is 65.6 Å². The van der Waals surface area contributed by atoms with E-state index in [9.17, 15) is 4.79 Å². The molecule has 1 aromatic carbocycles. The van der Waals surface area contributed by atoms with Gasteiger partial charge in [-0.3, -0.25) is 14.2 Å². The number of ether oxygens (including phenoxy) is 1. The zero-order valence-electron chi connectivity index (χ0n) is 16.3. The predicted molar refractivity (Wildman–Crippen MR) is 112 cm³/mol. The summed E-state index contributed by atoms with van der Waals surface area (Å²) >= 11 is 5.94. The highest BCUT2D eigenvalue weighted by Gasteiger charge is 2.13. The van der Waals surface area contributed by atoms with Crippen LogP contribution in [0.1, 0.15) is 28.8 Å². The number of anilines is 1. The Labute approximate surface area is 178 Å². The van der Waals surface area contributed by atoms with Gasteiger partial charge in [0.1, 0.15) is 18.1 Å². The highest BCUT2D eigenvalue weighted by atomic mass is 35.5. The lowest BCUT2D eigenvalue weighted by atomic mass is 10.3. The number of nitrogens with zero attached hydrogens (tertiary/aromatic N) is 4.